The van der Waals surface area contributed by atoms with Crippen LogP contribution in [0.1, 0.15) is 43.6 Å². The number of nitrogens with one attached hydrogen (secondary N) is 1. The number of H-pyrrole nitrogens is 1. The van der Waals surface area contributed by atoms with Crippen LogP contribution < -0.4 is 0 Å². The molecule has 1 aromatic rings. The number of hydrogen-bond acceptors (Lipinski definition) is 3. The van der Waals surface area contributed by atoms with E-state index in [0.717, 1.165) is 25.8 Å². The van der Waals surface area contributed by atoms with E-state index in [4.69, 9.17) is 0 Å². The van der Waals surface area contributed by atoms with Gasteiger partial charge in [0.15, 0.2) is 5.69 Å². The van der Waals surface area contributed by atoms with Gasteiger partial charge in [-0.25, -0.2) is 0 Å². The van der Waals surface area contributed by atoms with Crippen LogP contribution in [0.2, 0.25) is 0 Å². The third kappa shape index (κ3) is 2.59. The molecule has 0 spiro atoms. The van der Waals surface area contributed by atoms with Gasteiger partial charge >= 0.3 is 0 Å². The first-order chi connectivity index (χ1) is 7.68. The van der Waals surface area contributed by atoms with Crippen molar-refractivity contribution in [3.05, 3.63) is 11.9 Å². The van der Waals surface area contributed by atoms with Gasteiger partial charge in [-0.3, -0.25) is 4.79 Å². The first kappa shape index (κ1) is 11.1. The average molecular weight is 222 g/mol. The fraction of sp³-hybridized carbons (Fsp3) is 0.727. The van der Waals surface area contributed by atoms with Crippen LogP contribution in [0.15, 0.2) is 6.20 Å². The van der Waals surface area contributed by atoms with Gasteiger partial charge < -0.3 is 4.90 Å². The molecule has 0 radical (unpaired) electrons. The quantitative estimate of drug-likeness (QED) is 0.820. The normalized spacial score (nSPS) is 15.4. The van der Waals surface area contributed by atoms with Gasteiger partial charge in [0, 0.05) is 12.6 Å². The van der Waals surface area contributed by atoms with Crippen LogP contribution in [0.3, 0.4) is 0 Å². The van der Waals surface area contributed by atoms with Crippen molar-refractivity contribution >= 4 is 5.91 Å². The van der Waals surface area contributed by atoms with Crippen molar-refractivity contribution in [2.45, 2.75) is 39.2 Å². The number of carbonyl (C=O) groups is 1. The van der Waals surface area contributed by atoms with Gasteiger partial charge in [0.1, 0.15) is 0 Å². The minimum atomic E-state index is 0.0110. The molecule has 1 aliphatic carbocycles. The molecule has 1 amide bonds. The van der Waals surface area contributed by atoms with Crippen molar-refractivity contribution in [3.8, 4) is 0 Å². The highest BCUT2D eigenvalue weighted by Gasteiger charge is 2.33. The lowest BCUT2D eigenvalue weighted by Crippen LogP contribution is -2.34. The summed E-state index contributed by atoms with van der Waals surface area (Å²) >= 11 is 0. The minimum Gasteiger partial charge on any atom is -0.334 e. The Morgan fingerprint density at radius 1 is 1.62 bits per heavy atom. The summed E-state index contributed by atoms with van der Waals surface area (Å²) in [5.74, 6) is 0.628. The van der Waals surface area contributed by atoms with Crippen molar-refractivity contribution in [2.75, 3.05) is 6.54 Å². The Bertz CT molecular complexity index is 343. The molecule has 5 nitrogen and oxygen atoms in total. The van der Waals surface area contributed by atoms with E-state index >= 15 is 0 Å². The maximum atomic E-state index is 12.1. The van der Waals surface area contributed by atoms with Gasteiger partial charge in [0.05, 0.1) is 6.20 Å². The van der Waals surface area contributed by atoms with Gasteiger partial charge in [-0.15, -0.1) is 0 Å². The largest absolute Gasteiger partial charge is 0.334 e. The molecule has 0 bridgehead atoms. The summed E-state index contributed by atoms with van der Waals surface area (Å²) in [4.78, 5) is 14.0. The van der Waals surface area contributed by atoms with Crippen LogP contribution in [-0.2, 0) is 0 Å². The maximum Gasteiger partial charge on any atom is 0.276 e. The van der Waals surface area contributed by atoms with E-state index in [0.29, 0.717) is 17.7 Å². The Morgan fingerprint density at radius 2 is 2.38 bits per heavy atom. The monoisotopic (exact) mass is 222 g/mol. The summed E-state index contributed by atoms with van der Waals surface area (Å²) in [6, 6.07) is 0.433. The second-order valence-electron chi connectivity index (χ2n) is 4.77. The zero-order valence-corrected chi connectivity index (χ0v) is 9.81. The predicted molar refractivity (Wildman–Crippen MR) is 59.9 cm³/mol. The third-order valence-corrected chi connectivity index (χ3v) is 2.83. The van der Waals surface area contributed by atoms with Gasteiger partial charge in [-0.1, -0.05) is 13.8 Å². The number of rotatable bonds is 5. The van der Waals surface area contributed by atoms with E-state index in [9.17, 15) is 4.79 Å². The van der Waals surface area contributed by atoms with Crippen LogP contribution in [0.4, 0.5) is 0 Å². The summed E-state index contributed by atoms with van der Waals surface area (Å²) in [5.41, 5.74) is 0.427. The molecule has 88 valence electrons. The second-order valence-corrected chi connectivity index (χ2v) is 4.77. The van der Waals surface area contributed by atoms with Crippen LogP contribution >= 0.6 is 0 Å². The van der Waals surface area contributed by atoms with Crippen LogP contribution in [0, 0.1) is 5.92 Å². The Hall–Kier alpha value is -1.39. The van der Waals surface area contributed by atoms with Crippen molar-refractivity contribution in [3.63, 3.8) is 0 Å². The Kier molecular flexibility index (Phi) is 3.22. The number of carbonyl (C=O) groups excluding carboxylic acids is 1. The molecule has 0 saturated heterocycles. The molecule has 1 saturated carbocycles. The minimum absolute atomic E-state index is 0.0110. The molecule has 1 heterocycles. The molecule has 2 rings (SSSR count). The van der Waals surface area contributed by atoms with E-state index in [1.54, 1.807) is 0 Å². The van der Waals surface area contributed by atoms with Gasteiger partial charge in [0.2, 0.25) is 0 Å². The standard InChI is InChI=1S/C11H18N4O/c1-8(2)5-6-15(9-3-4-9)11(16)10-7-12-14-13-10/h7-9H,3-6H2,1-2H3,(H,12,13,14). The van der Waals surface area contributed by atoms with E-state index in [1.165, 1.54) is 6.20 Å². The molecular weight excluding hydrogens is 204 g/mol. The average Bonchev–Trinajstić information content (AvgIpc) is 2.93. The molecule has 1 N–H and O–H groups in total. The Labute approximate surface area is 95.2 Å². The molecule has 0 aliphatic heterocycles. The molecule has 16 heavy (non-hydrogen) atoms. The number of amides is 1. The summed E-state index contributed by atoms with van der Waals surface area (Å²) < 4.78 is 0. The third-order valence-electron chi connectivity index (χ3n) is 2.83. The summed E-state index contributed by atoms with van der Waals surface area (Å²) in [5, 5.41) is 10.0. The van der Waals surface area contributed by atoms with Gasteiger partial charge in [0.25, 0.3) is 5.91 Å². The fourth-order valence-corrected chi connectivity index (χ4v) is 1.69. The molecular formula is C11H18N4O. The lowest BCUT2D eigenvalue weighted by Gasteiger charge is -2.22. The first-order valence-corrected chi connectivity index (χ1v) is 5.85. The number of hydrogen-bond donors (Lipinski definition) is 1. The highest BCUT2D eigenvalue weighted by atomic mass is 16.2. The fourth-order valence-electron chi connectivity index (χ4n) is 1.69. The molecule has 1 fully saturated rings. The second kappa shape index (κ2) is 4.63. The number of aromatic nitrogens is 3. The predicted octanol–water partition coefficient (Wildman–Crippen LogP) is 1.46. The first-order valence-electron chi connectivity index (χ1n) is 5.85. The van der Waals surface area contributed by atoms with Crippen LogP contribution in [0.25, 0.3) is 0 Å². The van der Waals surface area contributed by atoms with Crippen molar-refractivity contribution < 1.29 is 4.79 Å². The molecule has 1 aliphatic rings. The van der Waals surface area contributed by atoms with Crippen molar-refractivity contribution in [1.82, 2.24) is 20.3 Å². The van der Waals surface area contributed by atoms with Crippen LogP contribution in [0.5, 0.6) is 0 Å². The molecule has 0 unspecified atom stereocenters. The maximum absolute atomic E-state index is 12.1. The molecule has 0 atom stereocenters. The number of aromatic amines is 1. The summed E-state index contributed by atoms with van der Waals surface area (Å²) in [6.07, 6.45) is 4.79. The van der Waals surface area contributed by atoms with Gasteiger partial charge in [-0.2, -0.15) is 15.4 Å². The lowest BCUT2D eigenvalue weighted by molar-refractivity contribution is 0.0729. The van der Waals surface area contributed by atoms with Crippen LogP contribution in [-0.4, -0.2) is 38.8 Å². The molecule has 1 aromatic heterocycles. The van der Waals surface area contributed by atoms with Crippen molar-refractivity contribution in [2.24, 2.45) is 5.92 Å². The SMILES string of the molecule is CC(C)CCN(C(=O)c1cn[nH]n1)C1CC1. The van der Waals surface area contributed by atoms with E-state index in [2.05, 4.69) is 29.3 Å². The van der Waals surface area contributed by atoms with E-state index in [-0.39, 0.29) is 5.91 Å². The lowest BCUT2D eigenvalue weighted by atomic mass is 10.1. The highest BCUT2D eigenvalue weighted by molar-refractivity contribution is 5.92. The highest BCUT2D eigenvalue weighted by Crippen LogP contribution is 2.28. The van der Waals surface area contributed by atoms with Gasteiger partial charge in [-0.05, 0) is 25.2 Å². The zero-order valence-electron chi connectivity index (χ0n) is 9.81. The Balaban J connectivity index is 1.99. The van der Waals surface area contributed by atoms with E-state index in [1.807, 2.05) is 4.90 Å². The smallest absolute Gasteiger partial charge is 0.276 e. The summed E-state index contributed by atoms with van der Waals surface area (Å²) in [7, 11) is 0. The molecule has 5 heteroatoms. The number of nitrogens with zero attached hydrogens (tertiary/aromatic N) is 3. The zero-order chi connectivity index (χ0) is 11.5. The topological polar surface area (TPSA) is 61.9 Å². The summed E-state index contributed by atoms with van der Waals surface area (Å²) in [6.45, 7) is 5.17. The molecule has 0 aromatic carbocycles. The van der Waals surface area contributed by atoms with E-state index < -0.39 is 0 Å². The Morgan fingerprint density at radius 3 is 2.88 bits per heavy atom. The van der Waals surface area contributed by atoms with Crippen molar-refractivity contribution in [1.29, 1.82) is 0 Å².